The lowest BCUT2D eigenvalue weighted by molar-refractivity contribution is -0.121. The Bertz CT molecular complexity index is 751. The summed E-state index contributed by atoms with van der Waals surface area (Å²) >= 11 is 0. The number of rotatable bonds is 2. The summed E-state index contributed by atoms with van der Waals surface area (Å²) in [6.07, 6.45) is 4.24. The van der Waals surface area contributed by atoms with Crippen LogP contribution in [0.5, 0.6) is 0 Å². The molecule has 1 aromatic carbocycles. The van der Waals surface area contributed by atoms with Crippen LogP contribution >= 0.6 is 0 Å². The van der Waals surface area contributed by atoms with Crippen molar-refractivity contribution in [2.75, 3.05) is 18.0 Å². The Morgan fingerprint density at radius 1 is 1.12 bits per heavy atom. The van der Waals surface area contributed by atoms with Gasteiger partial charge in [-0.2, -0.15) is 0 Å². The zero-order chi connectivity index (χ0) is 16.7. The number of carbonyl (C=O) groups excluding carboxylic acids is 1. The normalized spacial score (nSPS) is 23.7. The number of anilines is 1. The average molecular weight is 323 g/mol. The highest BCUT2D eigenvalue weighted by atomic mass is 16.2. The van der Waals surface area contributed by atoms with Gasteiger partial charge < -0.3 is 9.47 Å². The predicted octanol–water partition coefficient (Wildman–Crippen LogP) is 3.23. The lowest BCUT2D eigenvalue weighted by Crippen LogP contribution is -2.49. The van der Waals surface area contributed by atoms with Gasteiger partial charge in [-0.15, -0.1) is 0 Å². The first-order valence-electron chi connectivity index (χ1n) is 8.94. The largest absolute Gasteiger partial charge is 0.349 e. The van der Waals surface area contributed by atoms with Crippen molar-refractivity contribution < 1.29 is 4.79 Å². The van der Waals surface area contributed by atoms with Gasteiger partial charge >= 0.3 is 0 Å². The second kappa shape index (κ2) is 6.10. The van der Waals surface area contributed by atoms with Gasteiger partial charge in [-0.05, 0) is 50.5 Å². The Hall–Kier alpha value is -2.07. The third kappa shape index (κ3) is 2.55. The minimum Gasteiger partial charge on any atom is -0.349 e. The minimum absolute atomic E-state index is 0.224. The van der Waals surface area contributed by atoms with E-state index in [-0.39, 0.29) is 18.0 Å². The van der Waals surface area contributed by atoms with Crippen LogP contribution in [0, 0.1) is 0 Å². The van der Waals surface area contributed by atoms with Crippen molar-refractivity contribution in [2.24, 2.45) is 0 Å². The van der Waals surface area contributed by atoms with E-state index in [1.54, 1.807) is 0 Å². The topological polar surface area (TPSA) is 28.5 Å². The highest BCUT2D eigenvalue weighted by molar-refractivity contribution is 5.96. The summed E-state index contributed by atoms with van der Waals surface area (Å²) in [4.78, 5) is 17.4. The molecule has 0 saturated heterocycles. The standard InChI is InChI=1S/C20H25N3O/c1-15-9-10-17-6-3-4-7-19(17)23(15)20(24)14-22-13-12-21-11-5-8-18(21)16(22)2/h3-8,11,15-16H,9-10,12-14H2,1-2H3. The van der Waals surface area contributed by atoms with Crippen LogP contribution in [0.4, 0.5) is 5.69 Å². The molecule has 0 saturated carbocycles. The monoisotopic (exact) mass is 323 g/mol. The summed E-state index contributed by atoms with van der Waals surface area (Å²) in [5.74, 6) is 0.224. The van der Waals surface area contributed by atoms with E-state index in [2.05, 4.69) is 59.8 Å². The van der Waals surface area contributed by atoms with Crippen LogP contribution in [0.3, 0.4) is 0 Å². The maximum Gasteiger partial charge on any atom is 0.241 e. The van der Waals surface area contributed by atoms with Crippen LogP contribution in [0.25, 0.3) is 0 Å². The van der Waals surface area contributed by atoms with Gasteiger partial charge in [0.1, 0.15) is 0 Å². The predicted molar refractivity (Wildman–Crippen MR) is 96.1 cm³/mol. The van der Waals surface area contributed by atoms with Gasteiger partial charge in [0.15, 0.2) is 0 Å². The van der Waals surface area contributed by atoms with E-state index in [0.717, 1.165) is 31.6 Å². The third-order valence-electron chi connectivity index (χ3n) is 5.60. The number of benzene rings is 1. The van der Waals surface area contributed by atoms with E-state index in [4.69, 9.17) is 0 Å². The number of aromatic nitrogens is 1. The molecule has 4 nitrogen and oxygen atoms in total. The van der Waals surface area contributed by atoms with Crippen molar-refractivity contribution in [1.82, 2.24) is 9.47 Å². The maximum atomic E-state index is 13.1. The summed E-state index contributed by atoms with van der Waals surface area (Å²) in [5, 5.41) is 0. The number of fused-ring (bicyclic) bond motifs is 2. The quantitative estimate of drug-likeness (QED) is 0.849. The van der Waals surface area contributed by atoms with Crippen LogP contribution in [0.1, 0.15) is 37.6 Å². The molecule has 1 aromatic heterocycles. The van der Waals surface area contributed by atoms with Crippen LogP contribution < -0.4 is 4.90 Å². The van der Waals surface area contributed by atoms with E-state index in [1.807, 2.05) is 11.0 Å². The van der Waals surface area contributed by atoms with E-state index >= 15 is 0 Å². The first kappa shape index (κ1) is 15.5. The molecule has 0 aliphatic carbocycles. The van der Waals surface area contributed by atoms with E-state index < -0.39 is 0 Å². The zero-order valence-corrected chi connectivity index (χ0v) is 14.5. The number of hydrogen-bond donors (Lipinski definition) is 0. The van der Waals surface area contributed by atoms with Gasteiger partial charge in [0, 0.05) is 42.8 Å². The molecule has 2 aliphatic heterocycles. The van der Waals surface area contributed by atoms with Crippen molar-refractivity contribution in [3.05, 3.63) is 53.9 Å². The molecule has 1 amide bonds. The van der Waals surface area contributed by atoms with Gasteiger partial charge in [0.25, 0.3) is 0 Å². The molecule has 0 N–H and O–H groups in total. The molecule has 4 rings (SSSR count). The van der Waals surface area contributed by atoms with Crippen LogP contribution in [-0.4, -0.2) is 34.5 Å². The second-order valence-electron chi connectivity index (χ2n) is 7.05. The fraction of sp³-hybridized carbons (Fsp3) is 0.450. The Morgan fingerprint density at radius 2 is 1.96 bits per heavy atom. The molecule has 2 aromatic rings. The Morgan fingerprint density at radius 3 is 2.83 bits per heavy atom. The third-order valence-corrected chi connectivity index (χ3v) is 5.60. The van der Waals surface area contributed by atoms with Crippen LogP contribution in [-0.2, 0) is 17.8 Å². The number of amides is 1. The number of para-hydroxylation sites is 1. The summed E-state index contributed by atoms with van der Waals surface area (Å²) in [6, 6.07) is 13.2. The summed E-state index contributed by atoms with van der Waals surface area (Å²) in [7, 11) is 0. The number of carbonyl (C=O) groups is 1. The summed E-state index contributed by atoms with van der Waals surface area (Å²) in [5.41, 5.74) is 3.71. The van der Waals surface area contributed by atoms with Crippen molar-refractivity contribution >= 4 is 11.6 Å². The Balaban J connectivity index is 1.55. The van der Waals surface area contributed by atoms with Gasteiger partial charge in [-0.1, -0.05) is 18.2 Å². The fourth-order valence-corrected chi connectivity index (χ4v) is 4.16. The lowest BCUT2D eigenvalue weighted by atomic mass is 9.96. The molecule has 0 radical (unpaired) electrons. The molecule has 2 aliphatic rings. The highest BCUT2D eigenvalue weighted by Crippen LogP contribution is 2.31. The van der Waals surface area contributed by atoms with Gasteiger partial charge in [0.05, 0.1) is 6.54 Å². The first-order valence-corrected chi connectivity index (χ1v) is 8.94. The van der Waals surface area contributed by atoms with Crippen molar-refractivity contribution in [2.45, 2.75) is 45.3 Å². The number of hydrogen-bond acceptors (Lipinski definition) is 2. The summed E-state index contributed by atoms with van der Waals surface area (Å²) < 4.78 is 2.30. The zero-order valence-electron chi connectivity index (χ0n) is 14.5. The fourth-order valence-electron chi connectivity index (χ4n) is 4.16. The van der Waals surface area contributed by atoms with Gasteiger partial charge in [-0.3, -0.25) is 9.69 Å². The van der Waals surface area contributed by atoms with Crippen molar-refractivity contribution in [1.29, 1.82) is 0 Å². The second-order valence-corrected chi connectivity index (χ2v) is 7.05. The smallest absolute Gasteiger partial charge is 0.241 e. The first-order chi connectivity index (χ1) is 11.6. The Labute approximate surface area is 143 Å². The lowest BCUT2D eigenvalue weighted by Gasteiger charge is -2.39. The van der Waals surface area contributed by atoms with Crippen LogP contribution in [0.2, 0.25) is 0 Å². The molecule has 2 unspecified atom stereocenters. The molecule has 0 fully saturated rings. The van der Waals surface area contributed by atoms with Gasteiger partial charge in [0.2, 0.25) is 5.91 Å². The number of aryl methyl sites for hydroxylation is 1. The SMILES string of the molecule is CC1c2cccn2CCN1CC(=O)N1c2ccccc2CCC1C. The molecule has 4 heteroatoms. The molecule has 126 valence electrons. The van der Waals surface area contributed by atoms with Crippen LogP contribution in [0.15, 0.2) is 42.6 Å². The summed E-state index contributed by atoms with van der Waals surface area (Å²) in [6.45, 7) is 6.75. The molecule has 0 bridgehead atoms. The van der Waals surface area contributed by atoms with E-state index in [9.17, 15) is 4.79 Å². The molecule has 3 heterocycles. The Kier molecular flexibility index (Phi) is 3.93. The van der Waals surface area contributed by atoms with E-state index in [0.29, 0.717) is 6.54 Å². The average Bonchev–Trinajstić information content (AvgIpc) is 3.06. The van der Waals surface area contributed by atoms with E-state index in [1.165, 1.54) is 11.3 Å². The highest BCUT2D eigenvalue weighted by Gasteiger charge is 2.31. The van der Waals surface area contributed by atoms with Crippen molar-refractivity contribution in [3.8, 4) is 0 Å². The molecular formula is C20H25N3O. The number of nitrogens with zero attached hydrogens (tertiary/aromatic N) is 3. The maximum absolute atomic E-state index is 13.1. The molecule has 2 atom stereocenters. The van der Waals surface area contributed by atoms with Gasteiger partial charge in [-0.25, -0.2) is 0 Å². The molecule has 0 spiro atoms. The molecule has 24 heavy (non-hydrogen) atoms. The minimum atomic E-state index is 0.224. The molecular weight excluding hydrogens is 298 g/mol. The van der Waals surface area contributed by atoms with Crippen molar-refractivity contribution in [3.63, 3.8) is 0 Å².